The van der Waals surface area contributed by atoms with Crippen molar-refractivity contribution in [3.8, 4) is 0 Å². The van der Waals surface area contributed by atoms with Crippen LogP contribution in [0, 0.1) is 0 Å². The minimum Gasteiger partial charge on any atom is -0.374 e. The van der Waals surface area contributed by atoms with Crippen molar-refractivity contribution in [2.75, 3.05) is 7.05 Å². The molecule has 0 unspecified atom stereocenters. The van der Waals surface area contributed by atoms with Crippen LogP contribution in [-0.2, 0) is 0 Å². The molecule has 0 saturated heterocycles. The minimum absolute atomic E-state index is 0.406. The second-order valence-corrected chi connectivity index (χ2v) is 2.93. The fourth-order valence-electron chi connectivity index (χ4n) is 1.12. The first kappa shape index (κ1) is 8.85. The summed E-state index contributed by atoms with van der Waals surface area (Å²) in [6, 6.07) is 10.8. The van der Waals surface area contributed by atoms with Gasteiger partial charge in [0.15, 0.2) is 0 Å². The fourth-order valence-corrected chi connectivity index (χ4v) is 1.12. The van der Waals surface area contributed by atoms with Gasteiger partial charge in [0.2, 0.25) is 0 Å². The average molecular weight is 161 g/mol. The third-order valence-electron chi connectivity index (χ3n) is 2.18. The molecular weight excluding hydrogens is 146 g/mol. The number of hydrogen-bond donors (Lipinski definition) is 0. The van der Waals surface area contributed by atoms with E-state index >= 15 is 0 Å². The van der Waals surface area contributed by atoms with E-state index in [1.807, 2.05) is 19.3 Å². The first-order valence-corrected chi connectivity index (χ1v) is 4.15. The molecule has 64 valence electrons. The van der Waals surface area contributed by atoms with Gasteiger partial charge >= 0.3 is 0 Å². The molecule has 1 aromatic rings. The maximum Gasteiger partial charge on any atom is 0.0505 e. The van der Waals surface area contributed by atoms with Crippen molar-refractivity contribution >= 4 is 0 Å². The molecule has 0 amide bonds. The number of nitrogens with zero attached hydrogens (tertiary/aromatic N) is 1. The fraction of sp³-hybridized carbons (Fsp3) is 0.273. The minimum atomic E-state index is 0.406. The van der Waals surface area contributed by atoms with Crippen LogP contribution in [0.1, 0.15) is 18.5 Å². The molecule has 0 radical (unpaired) electrons. The summed E-state index contributed by atoms with van der Waals surface area (Å²) in [5.74, 6) is 0. The Kier molecular flexibility index (Phi) is 2.92. The Balaban J connectivity index is 2.78. The zero-order valence-electron chi connectivity index (χ0n) is 7.70. The van der Waals surface area contributed by atoms with Gasteiger partial charge in [0, 0.05) is 7.05 Å². The van der Waals surface area contributed by atoms with Gasteiger partial charge in [-0.05, 0) is 18.7 Å². The van der Waals surface area contributed by atoms with Gasteiger partial charge in [-0.25, -0.2) is 0 Å². The van der Waals surface area contributed by atoms with E-state index in [0.29, 0.717) is 6.04 Å². The van der Waals surface area contributed by atoms with Crippen molar-refractivity contribution in [2.24, 2.45) is 0 Å². The Labute approximate surface area is 74.3 Å². The topological polar surface area (TPSA) is 3.24 Å². The molecule has 0 heterocycles. The average Bonchev–Trinajstić information content (AvgIpc) is 2.17. The highest BCUT2D eigenvalue weighted by molar-refractivity contribution is 5.18. The zero-order chi connectivity index (χ0) is 8.97. The SMILES string of the molecule is C=CN(C)[C@@H](C)c1ccccc1. The summed E-state index contributed by atoms with van der Waals surface area (Å²) in [5, 5.41) is 0. The lowest BCUT2D eigenvalue weighted by Gasteiger charge is -2.22. The number of hydrogen-bond acceptors (Lipinski definition) is 1. The molecule has 0 N–H and O–H groups in total. The van der Waals surface area contributed by atoms with Crippen LogP contribution in [0.5, 0.6) is 0 Å². The second-order valence-electron chi connectivity index (χ2n) is 2.93. The van der Waals surface area contributed by atoms with E-state index in [9.17, 15) is 0 Å². The Bertz CT molecular complexity index is 240. The summed E-state index contributed by atoms with van der Waals surface area (Å²) in [6.45, 7) is 5.90. The van der Waals surface area contributed by atoms with Gasteiger partial charge in [-0.2, -0.15) is 0 Å². The molecule has 0 aliphatic carbocycles. The summed E-state index contributed by atoms with van der Waals surface area (Å²) < 4.78 is 0. The van der Waals surface area contributed by atoms with Gasteiger partial charge < -0.3 is 4.90 Å². The highest BCUT2D eigenvalue weighted by Gasteiger charge is 2.05. The van der Waals surface area contributed by atoms with Crippen molar-refractivity contribution in [1.29, 1.82) is 0 Å². The Morgan fingerprint density at radius 2 is 1.92 bits per heavy atom. The molecule has 1 nitrogen and oxygen atoms in total. The van der Waals surface area contributed by atoms with Gasteiger partial charge in [0.05, 0.1) is 6.04 Å². The van der Waals surface area contributed by atoms with Crippen LogP contribution in [0.3, 0.4) is 0 Å². The lowest BCUT2D eigenvalue weighted by Crippen LogP contribution is -2.15. The van der Waals surface area contributed by atoms with Crippen molar-refractivity contribution in [2.45, 2.75) is 13.0 Å². The summed E-state index contributed by atoms with van der Waals surface area (Å²) in [5.41, 5.74) is 1.32. The molecule has 1 atom stereocenters. The van der Waals surface area contributed by atoms with Crippen molar-refractivity contribution in [3.05, 3.63) is 48.7 Å². The maximum atomic E-state index is 3.73. The molecular formula is C11H15N. The summed E-state index contributed by atoms with van der Waals surface area (Å²) in [6.07, 6.45) is 1.84. The van der Waals surface area contributed by atoms with Crippen LogP contribution in [0.2, 0.25) is 0 Å². The highest BCUT2D eigenvalue weighted by Crippen LogP contribution is 2.17. The predicted octanol–water partition coefficient (Wildman–Crippen LogP) is 2.82. The largest absolute Gasteiger partial charge is 0.374 e. The molecule has 0 aromatic heterocycles. The Morgan fingerprint density at radius 1 is 1.33 bits per heavy atom. The second kappa shape index (κ2) is 3.96. The molecule has 0 saturated carbocycles. The van der Waals surface area contributed by atoms with Crippen LogP contribution in [0.4, 0.5) is 0 Å². The van der Waals surface area contributed by atoms with E-state index in [4.69, 9.17) is 0 Å². The molecule has 0 spiro atoms. The molecule has 0 bridgehead atoms. The van der Waals surface area contributed by atoms with E-state index in [0.717, 1.165) is 0 Å². The van der Waals surface area contributed by atoms with Gasteiger partial charge in [0.1, 0.15) is 0 Å². The van der Waals surface area contributed by atoms with Crippen LogP contribution in [-0.4, -0.2) is 11.9 Å². The Morgan fingerprint density at radius 3 is 2.42 bits per heavy atom. The monoisotopic (exact) mass is 161 g/mol. The first-order valence-electron chi connectivity index (χ1n) is 4.15. The molecule has 0 aliphatic rings. The standard InChI is InChI=1S/C11H15N/c1-4-12(3)10(2)11-8-6-5-7-9-11/h4-10H,1H2,2-3H3/t10-/m0/s1. The third kappa shape index (κ3) is 1.88. The van der Waals surface area contributed by atoms with E-state index in [1.165, 1.54) is 5.56 Å². The lowest BCUT2D eigenvalue weighted by molar-refractivity contribution is 0.362. The summed E-state index contributed by atoms with van der Waals surface area (Å²) in [4.78, 5) is 2.09. The molecule has 1 aromatic carbocycles. The Hall–Kier alpha value is -1.24. The predicted molar refractivity (Wildman–Crippen MR) is 52.8 cm³/mol. The molecule has 1 rings (SSSR count). The molecule has 0 fully saturated rings. The zero-order valence-corrected chi connectivity index (χ0v) is 7.70. The van der Waals surface area contributed by atoms with Crippen molar-refractivity contribution in [3.63, 3.8) is 0 Å². The number of rotatable bonds is 3. The summed E-state index contributed by atoms with van der Waals surface area (Å²) in [7, 11) is 2.03. The van der Waals surface area contributed by atoms with Crippen LogP contribution in [0.25, 0.3) is 0 Å². The van der Waals surface area contributed by atoms with E-state index in [-0.39, 0.29) is 0 Å². The molecule has 12 heavy (non-hydrogen) atoms. The third-order valence-corrected chi connectivity index (χ3v) is 2.18. The van der Waals surface area contributed by atoms with E-state index < -0.39 is 0 Å². The molecule has 0 aliphatic heterocycles. The summed E-state index contributed by atoms with van der Waals surface area (Å²) >= 11 is 0. The van der Waals surface area contributed by atoms with E-state index in [2.05, 4.69) is 42.7 Å². The van der Waals surface area contributed by atoms with Gasteiger partial charge in [-0.15, -0.1) is 0 Å². The lowest BCUT2D eigenvalue weighted by atomic mass is 10.1. The smallest absolute Gasteiger partial charge is 0.0505 e. The number of benzene rings is 1. The maximum absolute atomic E-state index is 3.73. The molecule has 1 heteroatoms. The van der Waals surface area contributed by atoms with Crippen molar-refractivity contribution in [1.82, 2.24) is 4.90 Å². The quantitative estimate of drug-likeness (QED) is 0.659. The van der Waals surface area contributed by atoms with Crippen molar-refractivity contribution < 1.29 is 0 Å². The highest BCUT2D eigenvalue weighted by atomic mass is 15.1. The van der Waals surface area contributed by atoms with Crippen LogP contribution in [0.15, 0.2) is 43.1 Å². The van der Waals surface area contributed by atoms with Crippen LogP contribution >= 0.6 is 0 Å². The van der Waals surface area contributed by atoms with Crippen LogP contribution < -0.4 is 0 Å². The van der Waals surface area contributed by atoms with Gasteiger partial charge in [0.25, 0.3) is 0 Å². The van der Waals surface area contributed by atoms with E-state index in [1.54, 1.807) is 0 Å². The first-order chi connectivity index (χ1) is 5.75. The van der Waals surface area contributed by atoms with Gasteiger partial charge in [-0.3, -0.25) is 0 Å². The van der Waals surface area contributed by atoms with Gasteiger partial charge in [-0.1, -0.05) is 36.9 Å². The normalized spacial score (nSPS) is 12.2.